The van der Waals surface area contributed by atoms with Crippen LogP contribution in [0.2, 0.25) is 0 Å². The minimum atomic E-state index is 0.0938. The predicted molar refractivity (Wildman–Crippen MR) is 81.3 cm³/mol. The van der Waals surface area contributed by atoms with Gasteiger partial charge in [-0.25, -0.2) is 4.98 Å². The average molecular weight is 306 g/mol. The molecule has 1 unspecified atom stereocenters. The Morgan fingerprint density at radius 3 is 2.71 bits per heavy atom. The molecular formula is C14H18N4O2S. The van der Waals surface area contributed by atoms with Gasteiger partial charge in [0.05, 0.1) is 26.0 Å². The Labute approximate surface area is 127 Å². The number of nitrogens with zero attached hydrogens (tertiary/aromatic N) is 4. The van der Waals surface area contributed by atoms with E-state index < -0.39 is 0 Å². The van der Waals surface area contributed by atoms with E-state index in [0.717, 1.165) is 31.1 Å². The molecule has 0 bridgehead atoms. The van der Waals surface area contributed by atoms with E-state index in [1.807, 2.05) is 6.20 Å². The second-order valence-electron chi connectivity index (χ2n) is 4.99. The first-order valence-corrected chi connectivity index (χ1v) is 7.76. The molecule has 0 spiro atoms. The lowest BCUT2D eigenvalue weighted by atomic mass is 10.1. The van der Waals surface area contributed by atoms with Crippen LogP contribution in [0, 0.1) is 6.92 Å². The Morgan fingerprint density at radius 1 is 1.24 bits per heavy atom. The molecule has 0 aliphatic carbocycles. The lowest BCUT2D eigenvalue weighted by molar-refractivity contribution is 0.164. The van der Waals surface area contributed by atoms with Gasteiger partial charge in [-0.15, -0.1) is 11.3 Å². The van der Waals surface area contributed by atoms with Crippen LogP contribution >= 0.6 is 11.3 Å². The number of thiazole rings is 1. The molecule has 0 radical (unpaired) electrons. The third-order valence-corrected chi connectivity index (χ3v) is 4.34. The van der Waals surface area contributed by atoms with Gasteiger partial charge in [0, 0.05) is 17.6 Å². The SMILES string of the molecule is COc1cnc(OC2CCCN(c3ncc(C)s3)C2)nc1. The number of aryl methyl sites for hydroxylation is 1. The molecule has 2 aromatic heterocycles. The molecule has 1 fully saturated rings. The van der Waals surface area contributed by atoms with Gasteiger partial charge >= 0.3 is 6.01 Å². The molecule has 0 N–H and O–H groups in total. The zero-order valence-corrected chi connectivity index (χ0v) is 13.0. The molecular weight excluding hydrogens is 288 g/mol. The highest BCUT2D eigenvalue weighted by atomic mass is 32.1. The molecule has 7 heteroatoms. The summed E-state index contributed by atoms with van der Waals surface area (Å²) in [4.78, 5) is 16.3. The van der Waals surface area contributed by atoms with E-state index in [2.05, 4.69) is 26.8 Å². The molecule has 3 heterocycles. The largest absolute Gasteiger partial charge is 0.494 e. The minimum Gasteiger partial charge on any atom is -0.494 e. The summed E-state index contributed by atoms with van der Waals surface area (Å²) < 4.78 is 10.9. The fraction of sp³-hybridized carbons (Fsp3) is 0.500. The molecule has 1 aliphatic heterocycles. The van der Waals surface area contributed by atoms with E-state index in [-0.39, 0.29) is 6.10 Å². The fourth-order valence-corrected chi connectivity index (χ4v) is 3.11. The molecule has 0 aromatic carbocycles. The van der Waals surface area contributed by atoms with Gasteiger partial charge in [0.25, 0.3) is 0 Å². The zero-order chi connectivity index (χ0) is 14.7. The molecule has 3 rings (SSSR count). The first-order valence-electron chi connectivity index (χ1n) is 6.94. The fourth-order valence-electron chi connectivity index (χ4n) is 2.32. The molecule has 1 saturated heterocycles. The molecule has 6 nitrogen and oxygen atoms in total. The van der Waals surface area contributed by atoms with Gasteiger partial charge in [-0.2, -0.15) is 9.97 Å². The van der Waals surface area contributed by atoms with Crippen LogP contribution in [0.1, 0.15) is 17.7 Å². The van der Waals surface area contributed by atoms with Gasteiger partial charge in [-0.05, 0) is 19.8 Å². The molecule has 1 aliphatic rings. The quantitative estimate of drug-likeness (QED) is 0.864. The van der Waals surface area contributed by atoms with E-state index in [0.29, 0.717) is 11.8 Å². The number of piperidine rings is 1. The third-order valence-electron chi connectivity index (χ3n) is 3.37. The number of rotatable bonds is 4. The van der Waals surface area contributed by atoms with E-state index in [9.17, 15) is 0 Å². The Kier molecular flexibility index (Phi) is 4.19. The number of anilines is 1. The van der Waals surface area contributed by atoms with Crippen LogP contribution in [0.4, 0.5) is 5.13 Å². The highest BCUT2D eigenvalue weighted by Gasteiger charge is 2.23. The van der Waals surface area contributed by atoms with Crippen molar-refractivity contribution in [1.29, 1.82) is 0 Å². The molecule has 1 atom stereocenters. The zero-order valence-electron chi connectivity index (χ0n) is 12.2. The number of hydrogen-bond acceptors (Lipinski definition) is 7. The van der Waals surface area contributed by atoms with Crippen LogP contribution in [0.15, 0.2) is 18.6 Å². The Morgan fingerprint density at radius 2 is 2.05 bits per heavy atom. The van der Waals surface area contributed by atoms with Crippen molar-refractivity contribution in [2.75, 3.05) is 25.1 Å². The summed E-state index contributed by atoms with van der Waals surface area (Å²) >= 11 is 1.72. The summed E-state index contributed by atoms with van der Waals surface area (Å²) in [5.41, 5.74) is 0. The van der Waals surface area contributed by atoms with E-state index >= 15 is 0 Å². The Bertz CT molecular complexity index is 587. The van der Waals surface area contributed by atoms with Crippen LogP contribution in [0.25, 0.3) is 0 Å². The van der Waals surface area contributed by atoms with Crippen molar-refractivity contribution in [3.8, 4) is 11.8 Å². The summed E-state index contributed by atoms with van der Waals surface area (Å²) in [6.45, 7) is 3.92. The third kappa shape index (κ3) is 3.41. The van der Waals surface area contributed by atoms with Crippen molar-refractivity contribution >= 4 is 16.5 Å². The van der Waals surface area contributed by atoms with Gasteiger partial charge in [-0.1, -0.05) is 0 Å². The van der Waals surface area contributed by atoms with Crippen molar-refractivity contribution in [1.82, 2.24) is 15.0 Å². The van der Waals surface area contributed by atoms with Gasteiger partial charge < -0.3 is 14.4 Å². The first-order chi connectivity index (χ1) is 10.2. The van der Waals surface area contributed by atoms with E-state index in [1.165, 1.54) is 4.88 Å². The first kappa shape index (κ1) is 14.1. The molecule has 21 heavy (non-hydrogen) atoms. The van der Waals surface area contributed by atoms with Crippen LogP contribution in [0.5, 0.6) is 11.8 Å². The van der Waals surface area contributed by atoms with Crippen LogP contribution in [-0.2, 0) is 0 Å². The summed E-state index contributed by atoms with van der Waals surface area (Å²) in [6, 6.07) is 0.401. The minimum absolute atomic E-state index is 0.0938. The van der Waals surface area contributed by atoms with Crippen molar-refractivity contribution in [2.45, 2.75) is 25.9 Å². The normalized spacial score (nSPS) is 18.6. The second kappa shape index (κ2) is 6.26. The lowest BCUT2D eigenvalue weighted by Gasteiger charge is -2.32. The molecule has 0 saturated carbocycles. The van der Waals surface area contributed by atoms with Gasteiger partial charge in [0.15, 0.2) is 10.9 Å². The summed E-state index contributed by atoms with van der Waals surface area (Å²) in [5, 5.41) is 1.07. The number of aromatic nitrogens is 3. The summed E-state index contributed by atoms with van der Waals surface area (Å²) in [6.07, 6.45) is 7.34. The maximum absolute atomic E-state index is 5.87. The summed E-state index contributed by atoms with van der Waals surface area (Å²) in [5.74, 6) is 0.630. The number of methoxy groups -OCH3 is 1. The maximum Gasteiger partial charge on any atom is 0.316 e. The predicted octanol–water partition coefficient (Wildman–Crippen LogP) is 2.30. The standard InChI is InChI=1S/C14H18N4O2S/c1-10-6-17-14(21-10)18-5-3-4-11(9-18)20-13-15-7-12(19-2)8-16-13/h6-8,11H,3-5,9H2,1-2H3. The Balaban J connectivity index is 1.62. The van der Waals surface area contributed by atoms with Gasteiger partial charge in [-0.3, -0.25) is 0 Å². The average Bonchev–Trinajstić information content (AvgIpc) is 2.95. The van der Waals surface area contributed by atoms with Gasteiger partial charge in [0.2, 0.25) is 0 Å². The van der Waals surface area contributed by atoms with Crippen molar-refractivity contribution < 1.29 is 9.47 Å². The van der Waals surface area contributed by atoms with Gasteiger partial charge in [0.1, 0.15) is 6.10 Å². The highest BCUT2D eigenvalue weighted by molar-refractivity contribution is 7.15. The molecule has 0 amide bonds. The number of ether oxygens (including phenoxy) is 2. The lowest BCUT2D eigenvalue weighted by Crippen LogP contribution is -2.41. The summed E-state index contributed by atoms with van der Waals surface area (Å²) in [7, 11) is 1.59. The van der Waals surface area contributed by atoms with Crippen molar-refractivity contribution in [2.24, 2.45) is 0 Å². The molecule has 112 valence electrons. The van der Waals surface area contributed by atoms with E-state index in [4.69, 9.17) is 9.47 Å². The van der Waals surface area contributed by atoms with Crippen molar-refractivity contribution in [3.05, 3.63) is 23.5 Å². The maximum atomic E-state index is 5.87. The number of hydrogen-bond donors (Lipinski definition) is 0. The Hall–Kier alpha value is -1.89. The van der Waals surface area contributed by atoms with Crippen LogP contribution in [-0.4, -0.2) is 41.3 Å². The second-order valence-corrected chi connectivity index (χ2v) is 6.20. The van der Waals surface area contributed by atoms with Crippen LogP contribution < -0.4 is 14.4 Å². The monoisotopic (exact) mass is 306 g/mol. The smallest absolute Gasteiger partial charge is 0.316 e. The topological polar surface area (TPSA) is 60.4 Å². The van der Waals surface area contributed by atoms with Crippen molar-refractivity contribution in [3.63, 3.8) is 0 Å². The van der Waals surface area contributed by atoms with E-state index in [1.54, 1.807) is 30.8 Å². The highest BCUT2D eigenvalue weighted by Crippen LogP contribution is 2.26. The van der Waals surface area contributed by atoms with Crippen LogP contribution in [0.3, 0.4) is 0 Å². The molecule has 2 aromatic rings.